The van der Waals surface area contributed by atoms with Gasteiger partial charge in [-0.25, -0.2) is 0 Å². The van der Waals surface area contributed by atoms with Crippen LogP contribution in [0.25, 0.3) is 0 Å². The molecule has 3 atom stereocenters. The van der Waals surface area contributed by atoms with E-state index in [0.717, 1.165) is 70.6 Å². The van der Waals surface area contributed by atoms with Crippen molar-refractivity contribution >= 4 is 13.7 Å². The predicted molar refractivity (Wildman–Crippen MR) is 334 cm³/mol. The highest BCUT2D eigenvalue weighted by Crippen LogP contribution is 2.38. The van der Waals surface area contributed by atoms with Crippen LogP contribution < -0.4 is 10.2 Å². The summed E-state index contributed by atoms with van der Waals surface area (Å²) >= 11 is 0. The number of nitrogens with one attached hydrogen (secondary N) is 1. The van der Waals surface area contributed by atoms with E-state index in [1.165, 1.54) is 212 Å². The molecule has 450 valence electrons. The predicted octanol–water partition coefficient (Wildman–Crippen LogP) is 20.0. The smallest absolute Gasteiger partial charge is 0.268 e. The van der Waals surface area contributed by atoms with Crippen molar-refractivity contribution in [1.29, 1.82) is 0 Å². The highest BCUT2D eigenvalue weighted by atomic mass is 31.2. The van der Waals surface area contributed by atoms with Crippen LogP contribution in [-0.4, -0.2) is 68.5 Å². The van der Waals surface area contributed by atoms with Crippen LogP contribution in [0.5, 0.6) is 0 Å². The molecular formula is C68H127N2O6P. The lowest BCUT2D eigenvalue weighted by Crippen LogP contribution is -2.45. The first kappa shape index (κ1) is 74.9. The zero-order chi connectivity index (χ0) is 56.3. The Bertz CT molecular complexity index is 1480. The quantitative estimate of drug-likeness (QED) is 0.0272. The topological polar surface area (TPSA) is 108 Å². The summed E-state index contributed by atoms with van der Waals surface area (Å²) in [6.07, 6.45) is 81.5. The second-order valence-corrected chi connectivity index (χ2v) is 24.9. The van der Waals surface area contributed by atoms with Crippen LogP contribution in [0.4, 0.5) is 0 Å². The number of allylic oxidation sites excluding steroid dienone is 11. The Balaban J connectivity index is 3.99. The summed E-state index contributed by atoms with van der Waals surface area (Å²) in [6.45, 7) is 4.57. The van der Waals surface area contributed by atoms with Crippen molar-refractivity contribution in [3.8, 4) is 0 Å². The van der Waals surface area contributed by atoms with E-state index in [9.17, 15) is 19.4 Å². The molecule has 0 aromatic rings. The summed E-state index contributed by atoms with van der Waals surface area (Å²) in [6, 6.07) is -0.887. The van der Waals surface area contributed by atoms with Crippen molar-refractivity contribution in [2.45, 2.75) is 315 Å². The number of rotatable bonds is 60. The van der Waals surface area contributed by atoms with Gasteiger partial charge in [0.05, 0.1) is 39.9 Å². The molecule has 8 nitrogen and oxygen atoms in total. The number of aliphatic hydroxyl groups is 1. The number of carbonyl (C=O) groups is 1. The van der Waals surface area contributed by atoms with E-state index < -0.39 is 20.0 Å². The van der Waals surface area contributed by atoms with Crippen molar-refractivity contribution in [3.05, 3.63) is 72.9 Å². The van der Waals surface area contributed by atoms with Crippen molar-refractivity contribution in [1.82, 2.24) is 5.32 Å². The number of hydrogen-bond donors (Lipinski definition) is 2. The van der Waals surface area contributed by atoms with E-state index in [1.807, 2.05) is 27.2 Å². The first-order valence-electron chi connectivity index (χ1n) is 32.8. The Kier molecular flexibility index (Phi) is 57.0. The van der Waals surface area contributed by atoms with Gasteiger partial charge in [-0.15, -0.1) is 0 Å². The van der Waals surface area contributed by atoms with Gasteiger partial charge in [0.1, 0.15) is 13.2 Å². The minimum atomic E-state index is -4.60. The molecule has 0 radical (unpaired) electrons. The van der Waals surface area contributed by atoms with Gasteiger partial charge in [0, 0.05) is 6.42 Å². The number of nitrogens with zero attached hydrogens (tertiary/aromatic N) is 1. The number of aliphatic hydroxyl groups excluding tert-OH is 1. The minimum Gasteiger partial charge on any atom is -0.756 e. The standard InChI is InChI=1S/C68H127N2O6P/c1-6-8-10-12-14-16-18-20-22-24-26-27-28-29-30-31-32-33-34-35-36-37-38-39-40-41-42-43-44-46-48-50-52-54-56-58-60-62-68(72)69-66(65-76-77(73,74)75-64-63-70(3,4)5)67(71)61-59-57-55-53-51-49-47-45-25-23-21-19-17-15-13-11-9-7-2/h8,10,14,16,20,22,26-27,29-30,59,61,66-67,71H,6-7,9,11-13,15,17-19,21,23-25,28,31-58,60,62-65H2,1-5H3,(H-,69,72,73,74)/b10-8-,16-14-,22-20-,27-26-,30-29-,61-59+. The molecule has 9 heteroatoms. The van der Waals surface area contributed by atoms with E-state index in [1.54, 1.807) is 6.08 Å². The molecule has 0 saturated carbocycles. The van der Waals surface area contributed by atoms with Crippen LogP contribution >= 0.6 is 7.82 Å². The highest BCUT2D eigenvalue weighted by molar-refractivity contribution is 7.45. The lowest BCUT2D eigenvalue weighted by atomic mass is 10.0. The zero-order valence-electron chi connectivity index (χ0n) is 51.4. The average Bonchev–Trinajstić information content (AvgIpc) is 3.39. The first-order valence-corrected chi connectivity index (χ1v) is 34.3. The maximum atomic E-state index is 13.0. The second-order valence-electron chi connectivity index (χ2n) is 23.4. The van der Waals surface area contributed by atoms with E-state index in [0.29, 0.717) is 17.4 Å². The monoisotopic (exact) mass is 1100 g/mol. The Hall–Kier alpha value is -2.06. The molecule has 3 unspecified atom stereocenters. The molecule has 0 aromatic carbocycles. The van der Waals surface area contributed by atoms with Gasteiger partial charge in [-0.3, -0.25) is 9.36 Å². The van der Waals surface area contributed by atoms with Crippen molar-refractivity contribution in [2.75, 3.05) is 40.9 Å². The largest absolute Gasteiger partial charge is 0.756 e. The molecule has 0 fully saturated rings. The van der Waals surface area contributed by atoms with Crippen molar-refractivity contribution in [2.24, 2.45) is 0 Å². The molecule has 0 aliphatic heterocycles. The number of quaternary nitrogens is 1. The molecule has 77 heavy (non-hydrogen) atoms. The Labute approximate surface area is 478 Å². The molecular weight excluding hydrogens is 972 g/mol. The number of likely N-dealkylation sites (N-methyl/N-ethyl adjacent to an activating group) is 1. The maximum absolute atomic E-state index is 13.0. The second kappa shape index (κ2) is 58.6. The number of phosphoric ester groups is 1. The number of unbranched alkanes of at least 4 members (excludes halogenated alkanes) is 37. The Morgan fingerprint density at radius 2 is 0.792 bits per heavy atom. The fourth-order valence-electron chi connectivity index (χ4n) is 9.60. The van der Waals surface area contributed by atoms with E-state index >= 15 is 0 Å². The molecule has 0 aliphatic carbocycles. The third-order valence-corrected chi connectivity index (χ3v) is 15.6. The van der Waals surface area contributed by atoms with E-state index in [-0.39, 0.29) is 19.1 Å². The zero-order valence-corrected chi connectivity index (χ0v) is 52.3. The Morgan fingerprint density at radius 3 is 1.16 bits per heavy atom. The SMILES string of the molecule is CC/C=C\C/C=C\C/C=C\C/C=C\C/C=C\CCCCCCCCCCCCCCCCCCCCCCCC(=O)NC(COP(=O)([O-])OCC[N+](C)(C)C)C(O)/C=C/CCCCCCCCCCCCCCCCCC. The number of amides is 1. The summed E-state index contributed by atoms with van der Waals surface area (Å²) in [4.78, 5) is 25.6. The minimum absolute atomic E-state index is 0.000685. The molecule has 0 heterocycles. The van der Waals surface area contributed by atoms with Gasteiger partial charge in [0.15, 0.2) is 0 Å². The Morgan fingerprint density at radius 1 is 0.468 bits per heavy atom. The molecule has 0 rings (SSSR count). The van der Waals surface area contributed by atoms with Gasteiger partial charge in [-0.2, -0.15) is 0 Å². The summed E-state index contributed by atoms with van der Waals surface area (Å²) in [7, 11) is 1.27. The lowest BCUT2D eigenvalue weighted by Gasteiger charge is -2.29. The highest BCUT2D eigenvalue weighted by Gasteiger charge is 2.23. The maximum Gasteiger partial charge on any atom is 0.268 e. The summed E-state index contributed by atoms with van der Waals surface area (Å²) in [5.74, 6) is -0.193. The molecule has 0 aliphatic rings. The summed E-state index contributed by atoms with van der Waals surface area (Å²) < 4.78 is 23.4. The fourth-order valence-corrected chi connectivity index (χ4v) is 10.3. The molecule has 0 bridgehead atoms. The molecule has 2 N–H and O–H groups in total. The van der Waals surface area contributed by atoms with Crippen molar-refractivity contribution < 1.29 is 32.9 Å². The van der Waals surface area contributed by atoms with Gasteiger partial charge < -0.3 is 28.8 Å². The third kappa shape index (κ3) is 61.4. The summed E-state index contributed by atoms with van der Waals surface area (Å²) in [5.41, 5.74) is 0. The van der Waals surface area contributed by atoms with Crippen LogP contribution in [0.15, 0.2) is 72.9 Å². The molecule has 1 amide bonds. The van der Waals surface area contributed by atoms with Crippen LogP contribution in [0.1, 0.15) is 303 Å². The van der Waals surface area contributed by atoms with Crippen LogP contribution in [0, 0.1) is 0 Å². The number of hydrogen-bond acceptors (Lipinski definition) is 6. The molecule has 0 aromatic heterocycles. The van der Waals surface area contributed by atoms with Crippen LogP contribution in [-0.2, 0) is 18.4 Å². The van der Waals surface area contributed by atoms with Gasteiger partial charge in [0.2, 0.25) is 5.91 Å². The fraction of sp³-hybridized carbons (Fsp3) is 0.809. The van der Waals surface area contributed by atoms with Gasteiger partial charge in [-0.1, -0.05) is 305 Å². The third-order valence-electron chi connectivity index (χ3n) is 14.7. The molecule has 0 saturated heterocycles. The first-order chi connectivity index (χ1) is 37.5. The van der Waals surface area contributed by atoms with Gasteiger partial charge in [0.25, 0.3) is 7.82 Å². The number of carbonyl (C=O) groups excluding carboxylic acids is 1. The van der Waals surface area contributed by atoms with Gasteiger partial charge in [-0.05, 0) is 64.2 Å². The normalized spacial score (nSPS) is 14.2. The lowest BCUT2D eigenvalue weighted by molar-refractivity contribution is -0.870. The summed E-state index contributed by atoms with van der Waals surface area (Å²) in [5, 5.41) is 13.9. The molecule has 0 spiro atoms. The van der Waals surface area contributed by atoms with Gasteiger partial charge >= 0.3 is 0 Å². The van der Waals surface area contributed by atoms with Crippen molar-refractivity contribution in [3.63, 3.8) is 0 Å². The average molecular weight is 1100 g/mol. The van der Waals surface area contributed by atoms with E-state index in [4.69, 9.17) is 9.05 Å². The number of phosphoric acid groups is 1. The van der Waals surface area contributed by atoms with E-state index in [2.05, 4.69) is 79.9 Å². The van der Waals surface area contributed by atoms with Crippen LogP contribution in [0.3, 0.4) is 0 Å². The van der Waals surface area contributed by atoms with Crippen LogP contribution in [0.2, 0.25) is 0 Å².